The van der Waals surface area contributed by atoms with Crippen LogP contribution in [0.25, 0.3) is 0 Å². The van der Waals surface area contributed by atoms with Crippen LogP contribution in [0.2, 0.25) is 0 Å². The lowest BCUT2D eigenvalue weighted by Crippen LogP contribution is -2.28. The summed E-state index contributed by atoms with van der Waals surface area (Å²) in [6.07, 6.45) is 0. The molecule has 0 aliphatic heterocycles. The third kappa shape index (κ3) is 2.82. The van der Waals surface area contributed by atoms with Crippen LogP contribution < -0.4 is 5.32 Å². The number of rotatable bonds is 4. The Bertz CT molecular complexity index is 296. The molecule has 2 heteroatoms. The first-order chi connectivity index (χ1) is 6.65. The van der Waals surface area contributed by atoms with E-state index in [4.69, 9.17) is 5.11 Å². The predicted molar refractivity (Wildman–Crippen MR) is 59.3 cm³/mol. The van der Waals surface area contributed by atoms with Gasteiger partial charge in [-0.05, 0) is 37.5 Å². The van der Waals surface area contributed by atoms with E-state index >= 15 is 0 Å². The molecule has 0 unspecified atom stereocenters. The van der Waals surface area contributed by atoms with E-state index in [2.05, 4.69) is 37.4 Å². The van der Waals surface area contributed by atoms with Crippen LogP contribution in [-0.2, 0) is 6.54 Å². The summed E-state index contributed by atoms with van der Waals surface area (Å²) in [5.41, 5.74) is 3.97. The zero-order chi connectivity index (χ0) is 10.6. The molecule has 1 aromatic rings. The Balaban J connectivity index is 2.63. The summed E-state index contributed by atoms with van der Waals surface area (Å²) in [7, 11) is 0. The van der Waals surface area contributed by atoms with Crippen molar-refractivity contribution in [1.82, 2.24) is 5.32 Å². The van der Waals surface area contributed by atoms with Crippen molar-refractivity contribution in [2.75, 3.05) is 6.61 Å². The molecule has 0 heterocycles. The first-order valence-corrected chi connectivity index (χ1v) is 5.04. The highest BCUT2D eigenvalue weighted by atomic mass is 16.3. The van der Waals surface area contributed by atoms with Crippen LogP contribution in [0.4, 0.5) is 0 Å². The summed E-state index contributed by atoms with van der Waals surface area (Å²) in [4.78, 5) is 0. The minimum Gasteiger partial charge on any atom is -0.395 e. The van der Waals surface area contributed by atoms with Gasteiger partial charge in [-0.25, -0.2) is 0 Å². The van der Waals surface area contributed by atoms with Crippen molar-refractivity contribution in [2.45, 2.75) is 33.4 Å². The van der Waals surface area contributed by atoms with Crippen LogP contribution in [0.15, 0.2) is 18.2 Å². The minimum atomic E-state index is 0.162. The third-order valence-corrected chi connectivity index (χ3v) is 2.63. The highest BCUT2D eigenvalue weighted by Crippen LogP contribution is 2.12. The van der Waals surface area contributed by atoms with Crippen molar-refractivity contribution < 1.29 is 5.11 Å². The van der Waals surface area contributed by atoms with Crippen molar-refractivity contribution >= 4 is 0 Å². The average Bonchev–Trinajstić information content (AvgIpc) is 2.20. The number of aliphatic hydroxyl groups is 1. The van der Waals surface area contributed by atoms with E-state index in [0.717, 1.165) is 6.54 Å². The van der Waals surface area contributed by atoms with Crippen LogP contribution in [0.3, 0.4) is 0 Å². The molecule has 1 aromatic carbocycles. The van der Waals surface area contributed by atoms with Crippen molar-refractivity contribution in [3.8, 4) is 0 Å². The second kappa shape index (κ2) is 5.13. The van der Waals surface area contributed by atoms with Gasteiger partial charge in [0.05, 0.1) is 6.61 Å². The number of hydrogen-bond acceptors (Lipinski definition) is 2. The Morgan fingerprint density at radius 3 is 2.71 bits per heavy atom. The summed E-state index contributed by atoms with van der Waals surface area (Å²) in [5.74, 6) is 0. The number of nitrogens with one attached hydrogen (secondary N) is 1. The molecule has 0 aromatic heterocycles. The van der Waals surface area contributed by atoms with E-state index in [0.29, 0.717) is 0 Å². The number of hydrogen-bond donors (Lipinski definition) is 2. The Labute approximate surface area is 86.0 Å². The smallest absolute Gasteiger partial charge is 0.0582 e. The van der Waals surface area contributed by atoms with E-state index in [9.17, 15) is 0 Å². The topological polar surface area (TPSA) is 32.3 Å². The molecular weight excluding hydrogens is 174 g/mol. The van der Waals surface area contributed by atoms with Crippen molar-refractivity contribution in [1.29, 1.82) is 0 Å². The van der Waals surface area contributed by atoms with Gasteiger partial charge in [-0.1, -0.05) is 18.2 Å². The van der Waals surface area contributed by atoms with Crippen LogP contribution in [0.1, 0.15) is 23.6 Å². The monoisotopic (exact) mass is 193 g/mol. The SMILES string of the molecule is Cc1cccc(CN[C@H](C)CO)c1C. The number of aliphatic hydroxyl groups excluding tert-OH is 1. The molecule has 0 bridgehead atoms. The van der Waals surface area contributed by atoms with Gasteiger partial charge >= 0.3 is 0 Å². The third-order valence-electron chi connectivity index (χ3n) is 2.63. The molecule has 0 aliphatic carbocycles. The predicted octanol–water partition coefficient (Wildman–Crippen LogP) is 1.77. The van der Waals surface area contributed by atoms with E-state index in [1.807, 2.05) is 6.92 Å². The molecule has 0 spiro atoms. The maximum Gasteiger partial charge on any atom is 0.0582 e. The van der Waals surface area contributed by atoms with Crippen LogP contribution >= 0.6 is 0 Å². The van der Waals surface area contributed by atoms with Gasteiger partial charge in [0.2, 0.25) is 0 Å². The van der Waals surface area contributed by atoms with Gasteiger partial charge in [-0.15, -0.1) is 0 Å². The van der Waals surface area contributed by atoms with Crippen molar-refractivity contribution in [3.05, 3.63) is 34.9 Å². The Kier molecular flexibility index (Phi) is 4.11. The van der Waals surface area contributed by atoms with Gasteiger partial charge in [0.15, 0.2) is 0 Å². The maximum absolute atomic E-state index is 8.87. The molecule has 1 rings (SSSR count). The van der Waals surface area contributed by atoms with E-state index in [-0.39, 0.29) is 12.6 Å². The largest absolute Gasteiger partial charge is 0.395 e. The standard InChI is InChI=1S/C12H19NO/c1-9-5-4-6-12(11(9)3)7-13-10(2)8-14/h4-6,10,13-14H,7-8H2,1-3H3/t10-/m1/s1. The lowest BCUT2D eigenvalue weighted by atomic mass is 10.0. The summed E-state index contributed by atoms with van der Waals surface area (Å²) in [6.45, 7) is 7.25. The van der Waals surface area contributed by atoms with E-state index < -0.39 is 0 Å². The Hall–Kier alpha value is -0.860. The molecule has 0 radical (unpaired) electrons. The summed E-state index contributed by atoms with van der Waals surface area (Å²) >= 11 is 0. The first-order valence-electron chi connectivity index (χ1n) is 5.04. The second-order valence-electron chi connectivity index (χ2n) is 3.82. The first kappa shape index (κ1) is 11.2. The van der Waals surface area contributed by atoms with Gasteiger partial charge in [0.1, 0.15) is 0 Å². The van der Waals surface area contributed by atoms with Crippen LogP contribution in [-0.4, -0.2) is 17.8 Å². The summed E-state index contributed by atoms with van der Waals surface area (Å²) in [6, 6.07) is 6.48. The molecule has 0 saturated heterocycles. The highest BCUT2D eigenvalue weighted by Gasteiger charge is 2.02. The number of benzene rings is 1. The maximum atomic E-state index is 8.87. The molecular formula is C12H19NO. The van der Waals surface area contributed by atoms with Crippen molar-refractivity contribution in [3.63, 3.8) is 0 Å². The molecule has 0 aliphatic rings. The lowest BCUT2D eigenvalue weighted by Gasteiger charge is -2.13. The summed E-state index contributed by atoms with van der Waals surface area (Å²) in [5, 5.41) is 12.1. The molecule has 0 fully saturated rings. The fraction of sp³-hybridized carbons (Fsp3) is 0.500. The molecule has 14 heavy (non-hydrogen) atoms. The zero-order valence-corrected chi connectivity index (χ0v) is 9.17. The Morgan fingerprint density at radius 1 is 1.36 bits per heavy atom. The van der Waals surface area contributed by atoms with Crippen LogP contribution in [0, 0.1) is 13.8 Å². The fourth-order valence-corrected chi connectivity index (χ4v) is 1.35. The highest BCUT2D eigenvalue weighted by molar-refractivity contribution is 5.32. The second-order valence-corrected chi connectivity index (χ2v) is 3.82. The van der Waals surface area contributed by atoms with Gasteiger partial charge in [0, 0.05) is 12.6 Å². The normalized spacial score (nSPS) is 12.9. The van der Waals surface area contributed by atoms with E-state index in [1.165, 1.54) is 16.7 Å². The van der Waals surface area contributed by atoms with Gasteiger partial charge in [0.25, 0.3) is 0 Å². The molecule has 1 atom stereocenters. The molecule has 0 amide bonds. The number of aryl methyl sites for hydroxylation is 1. The molecule has 2 N–H and O–H groups in total. The van der Waals surface area contributed by atoms with Gasteiger partial charge in [-0.2, -0.15) is 0 Å². The molecule has 78 valence electrons. The van der Waals surface area contributed by atoms with Gasteiger partial charge in [-0.3, -0.25) is 0 Å². The quantitative estimate of drug-likeness (QED) is 0.764. The average molecular weight is 193 g/mol. The van der Waals surface area contributed by atoms with Crippen molar-refractivity contribution in [2.24, 2.45) is 0 Å². The molecule has 2 nitrogen and oxygen atoms in total. The molecule has 0 saturated carbocycles. The fourth-order valence-electron chi connectivity index (χ4n) is 1.35. The van der Waals surface area contributed by atoms with Crippen LogP contribution in [0.5, 0.6) is 0 Å². The lowest BCUT2D eigenvalue weighted by molar-refractivity contribution is 0.251. The van der Waals surface area contributed by atoms with E-state index in [1.54, 1.807) is 0 Å². The van der Waals surface area contributed by atoms with Gasteiger partial charge < -0.3 is 10.4 Å². The minimum absolute atomic E-state index is 0.162. The Morgan fingerprint density at radius 2 is 2.07 bits per heavy atom. The zero-order valence-electron chi connectivity index (χ0n) is 9.17. The summed E-state index contributed by atoms with van der Waals surface area (Å²) < 4.78 is 0.